The van der Waals surface area contributed by atoms with Gasteiger partial charge in [-0.05, 0) is 58.1 Å². The van der Waals surface area contributed by atoms with E-state index in [0.29, 0.717) is 12.5 Å². The van der Waals surface area contributed by atoms with Crippen LogP contribution in [0.15, 0.2) is 33.7 Å². The molecular weight excluding hydrogens is 302 g/mol. The maximum absolute atomic E-state index is 11.4. The summed E-state index contributed by atoms with van der Waals surface area (Å²) < 4.78 is 5.42. The Hall–Kier alpha value is -0.720. The Morgan fingerprint density at radius 3 is 2.24 bits per heavy atom. The SMILES string of the molecule is CC(CC(O)(c1ccsc1)c1ccsc1)N1CCOCC1. The second kappa shape index (κ2) is 6.58. The van der Waals surface area contributed by atoms with Crippen molar-refractivity contribution in [3.05, 3.63) is 44.8 Å². The van der Waals surface area contributed by atoms with Gasteiger partial charge in [-0.1, -0.05) is 0 Å². The lowest BCUT2D eigenvalue weighted by Gasteiger charge is -2.37. The van der Waals surface area contributed by atoms with Crippen molar-refractivity contribution >= 4 is 22.7 Å². The van der Waals surface area contributed by atoms with Crippen molar-refractivity contribution in [1.82, 2.24) is 4.90 Å². The molecule has 0 spiro atoms. The highest BCUT2D eigenvalue weighted by Gasteiger charge is 2.35. The van der Waals surface area contributed by atoms with Gasteiger partial charge in [0.25, 0.3) is 0 Å². The predicted octanol–water partition coefficient (Wildman–Crippen LogP) is 3.16. The molecule has 21 heavy (non-hydrogen) atoms. The quantitative estimate of drug-likeness (QED) is 0.917. The normalized spacial score (nSPS) is 18.8. The van der Waals surface area contributed by atoms with E-state index >= 15 is 0 Å². The van der Waals surface area contributed by atoms with E-state index in [4.69, 9.17) is 4.74 Å². The van der Waals surface area contributed by atoms with E-state index in [2.05, 4.69) is 22.6 Å². The average Bonchev–Trinajstić information content (AvgIpc) is 3.21. The molecule has 1 aliphatic rings. The number of morpholine rings is 1. The minimum absolute atomic E-state index is 0.318. The molecule has 1 aliphatic heterocycles. The zero-order valence-corrected chi connectivity index (χ0v) is 13.8. The van der Waals surface area contributed by atoms with Gasteiger partial charge < -0.3 is 9.84 Å². The van der Waals surface area contributed by atoms with E-state index in [9.17, 15) is 5.11 Å². The third-order valence-electron chi connectivity index (χ3n) is 4.26. The standard InChI is InChI=1S/C16H21NO2S2/c1-13(17-4-6-19-7-5-17)10-16(18,14-2-8-20-11-14)15-3-9-21-12-15/h2-3,8-9,11-13,18H,4-7,10H2,1H3. The van der Waals surface area contributed by atoms with Gasteiger partial charge in [-0.2, -0.15) is 22.7 Å². The van der Waals surface area contributed by atoms with E-state index in [-0.39, 0.29) is 0 Å². The zero-order valence-electron chi connectivity index (χ0n) is 12.2. The van der Waals surface area contributed by atoms with Gasteiger partial charge in [0.05, 0.1) is 13.2 Å². The molecule has 114 valence electrons. The number of thiophene rings is 2. The van der Waals surface area contributed by atoms with Gasteiger partial charge >= 0.3 is 0 Å². The molecule has 3 rings (SSSR count). The molecule has 1 unspecified atom stereocenters. The fraction of sp³-hybridized carbons (Fsp3) is 0.500. The Balaban J connectivity index is 1.83. The van der Waals surface area contributed by atoms with Crippen molar-refractivity contribution in [2.45, 2.75) is 25.0 Å². The Kier molecular flexibility index (Phi) is 4.76. The van der Waals surface area contributed by atoms with Crippen LogP contribution in [0, 0.1) is 0 Å². The van der Waals surface area contributed by atoms with Gasteiger partial charge in [0.2, 0.25) is 0 Å². The van der Waals surface area contributed by atoms with Gasteiger partial charge in [-0.25, -0.2) is 0 Å². The van der Waals surface area contributed by atoms with E-state index in [0.717, 1.165) is 37.4 Å². The molecule has 0 amide bonds. The summed E-state index contributed by atoms with van der Waals surface area (Å²) >= 11 is 3.27. The van der Waals surface area contributed by atoms with Crippen molar-refractivity contribution in [1.29, 1.82) is 0 Å². The van der Waals surface area contributed by atoms with Crippen LogP contribution in [0.5, 0.6) is 0 Å². The maximum Gasteiger partial charge on any atom is 0.118 e. The molecule has 0 bridgehead atoms. The van der Waals surface area contributed by atoms with Crippen LogP contribution < -0.4 is 0 Å². The number of aliphatic hydroxyl groups is 1. The first-order valence-electron chi connectivity index (χ1n) is 7.29. The summed E-state index contributed by atoms with van der Waals surface area (Å²) in [6, 6.07) is 4.39. The fourth-order valence-corrected chi connectivity index (χ4v) is 4.42. The van der Waals surface area contributed by atoms with Crippen LogP contribution in [0.1, 0.15) is 24.5 Å². The molecule has 3 nitrogen and oxygen atoms in total. The van der Waals surface area contributed by atoms with Crippen molar-refractivity contribution in [3.8, 4) is 0 Å². The van der Waals surface area contributed by atoms with E-state index < -0.39 is 5.60 Å². The highest BCUT2D eigenvalue weighted by Crippen LogP contribution is 2.37. The molecule has 1 atom stereocenters. The molecule has 0 aliphatic carbocycles. The number of hydrogen-bond acceptors (Lipinski definition) is 5. The minimum atomic E-state index is -0.891. The van der Waals surface area contributed by atoms with E-state index in [1.165, 1.54) is 0 Å². The summed E-state index contributed by atoms with van der Waals surface area (Å²) in [5, 5.41) is 19.6. The van der Waals surface area contributed by atoms with Crippen LogP contribution in [-0.4, -0.2) is 42.4 Å². The van der Waals surface area contributed by atoms with Crippen molar-refractivity contribution in [3.63, 3.8) is 0 Å². The summed E-state index contributed by atoms with van der Waals surface area (Å²) in [5.41, 5.74) is 1.12. The Bertz CT molecular complexity index is 498. The molecule has 3 heterocycles. The molecule has 2 aromatic heterocycles. The molecular formula is C16H21NO2S2. The number of ether oxygens (including phenoxy) is 1. The van der Waals surface area contributed by atoms with Crippen molar-refractivity contribution in [2.75, 3.05) is 26.3 Å². The molecule has 5 heteroatoms. The second-order valence-corrected chi connectivity index (χ2v) is 7.15. The Labute approximate surface area is 133 Å². The number of nitrogens with zero attached hydrogens (tertiary/aromatic N) is 1. The molecule has 0 aromatic carbocycles. The zero-order chi connectivity index (χ0) is 14.7. The topological polar surface area (TPSA) is 32.7 Å². The molecule has 2 aromatic rings. The highest BCUT2D eigenvalue weighted by molar-refractivity contribution is 7.08. The first-order chi connectivity index (χ1) is 10.2. The Morgan fingerprint density at radius 2 is 1.76 bits per heavy atom. The summed E-state index contributed by atoms with van der Waals surface area (Å²) in [7, 11) is 0. The van der Waals surface area contributed by atoms with Gasteiger partial charge in [-0.15, -0.1) is 0 Å². The number of hydrogen-bond donors (Lipinski definition) is 1. The van der Waals surface area contributed by atoms with E-state index in [1.54, 1.807) is 22.7 Å². The van der Waals surface area contributed by atoms with Crippen LogP contribution in [-0.2, 0) is 10.3 Å². The smallest absolute Gasteiger partial charge is 0.118 e. The van der Waals surface area contributed by atoms with Crippen molar-refractivity contribution in [2.24, 2.45) is 0 Å². The molecule has 1 N–H and O–H groups in total. The first-order valence-corrected chi connectivity index (χ1v) is 9.18. The minimum Gasteiger partial charge on any atom is -0.380 e. The van der Waals surface area contributed by atoms with Crippen LogP contribution in [0.3, 0.4) is 0 Å². The first kappa shape index (κ1) is 15.2. The maximum atomic E-state index is 11.4. The summed E-state index contributed by atoms with van der Waals surface area (Å²) in [5.74, 6) is 0. The predicted molar refractivity (Wildman–Crippen MR) is 88.1 cm³/mol. The average molecular weight is 323 g/mol. The summed E-state index contributed by atoms with van der Waals surface area (Å²) in [6.07, 6.45) is 0.709. The fourth-order valence-electron chi connectivity index (χ4n) is 2.98. The third-order valence-corrected chi connectivity index (χ3v) is 5.62. The van der Waals surface area contributed by atoms with Gasteiger partial charge in [0, 0.05) is 19.1 Å². The van der Waals surface area contributed by atoms with Gasteiger partial charge in [-0.3, -0.25) is 4.90 Å². The third kappa shape index (κ3) is 3.22. The Morgan fingerprint density at radius 1 is 1.19 bits per heavy atom. The van der Waals surface area contributed by atoms with Crippen LogP contribution in [0.4, 0.5) is 0 Å². The van der Waals surface area contributed by atoms with Gasteiger partial charge in [0.15, 0.2) is 0 Å². The van der Waals surface area contributed by atoms with Crippen LogP contribution in [0.2, 0.25) is 0 Å². The van der Waals surface area contributed by atoms with Crippen LogP contribution >= 0.6 is 22.7 Å². The van der Waals surface area contributed by atoms with Crippen LogP contribution in [0.25, 0.3) is 0 Å². The highest BCUT2D eigenvalue weighted by atomic mass is 32.1. The summed E-state index contributed by atoms with van der Waals surface area (Å²) in [4.78, 5) is 2.41. The van der Waals surface area contributed by atoms with Gasteiger partial charge in [0.1, 0.15) is 5.60 Å². The largest absolute Gasteiger partial charge is 0.380 e. The lowest BCUT2D eigenvalue weighted by atomic mass is 9.84. The number of rotatable bonds is 5. The summed E-state index contributed by atoms with van der Waals surface area (Å²) in [6.45, 7) is 5.68. The molecule has 0 saturated carbocycles. The monoisotopic (exact) mass is 323 g/mol. The lowest BCUT2D eigenvalue weighted by Crippen LogP contribution is -2.45. The van der Waals surface area contributed by atoms with E-state index in [1.807, 2.05) is 22.9 Å². The second-order valence-electron chi connectivity index (χ2n) is 5.59. The molecule has 1 fully saturated rings. The lowest BCUT2D eigenvalue weighted by molar-refractivity contribution is -0.00956. The van der Waals surface area contributed by atoms with Crippen molar-refractivity contribution < 1.29 is 9.84 Å². The molecule has 0 radical (unpaired) electrons. The molecule has 1 saturated heterocycles.